The van der Waals surface area contributed by atoms with Crippen LogP contribution in [0.25, 0.3) is 0 Å². The Bertz CT molecular complexity index is 570. The number of quaternary nitrogens is 1. The number of carbonyl (C=O) groups is 1. The second-order valence-corrected chi connectivity index (χ2v) is 9.13. The minimum Gasteiger partial charge on any atom is -0.460 e. The van der Waals surface area contributed by atoms with Crippen LogP contribution in [0.4, 0.5) is 0 Å². The van der Waals surface area contributed by atoms with Crippen LogP contribution in [-0.2, 0) is 9.53 Å². The molecule has 0 heterocycles. The van der Waals surface area contributed by atoms with Gasteiger partial charge in [-0.25, -0.2) is 0 Å². The second kappa shape index (κ2) is 21.2. The summed E-state index contributed by atoms with van der Waals surface area (Å²) in [6, 6.07) is 0. The van der Waals surface area contributed by atoms with Gasteiger partial charge < -0.3 is 4.74 Å². The molecular formula is C29H52NO2+. The van der Waals surface area contributed by atoms with Crippen LogP contribution in [-0.4, -0.2) is 37.7 Å². The van der Waals surface area contributed by atoms with E-state index in [1.54, 1.807) is 0 Å². The van der Waals surface area contributed by atoms with Gasteiger partial charge in [-0.05, 0) is 64.0 Å². The van der Waals surface area contributed by atoms with Crippen molar-refractivity contribution < 1.29 is 14.0 Å². The number of allylic oxidation sites excluding steroid dienone is 7. The van der Waals surface area contributed by atoms with Crippen LogP contribution in [0.2, 0.25) is 0 Å². The van der Waals surface area contributed by atoms with Crippen molar-refractivity contribution in [2.45, 2.75) is 104 Å². The standard InChI is InChI=1S/C29H52NO2/c1-6-9-11-12-13-14-15-16-17-18-19-20-21-22-23-25-29(31)32-27-26-30(4,5)28(8-3)24-10-7-2/h8,10,13-14,16-17,24H,6-7,9,11-12,15,18-23,25-27H2,1-5H3/q+1/b14-13-,17-16-,24-10-,28-8+. The molecule has 0 radical (unpaired) electrons. The quantitative estimate of drug-likeness (QED) is 0.0618. The Morgan fingerprint density at radius 3 is 2.06 bits per heavy atom. The highest BCUT2D eigenvalue weighted by atomic mass is 16.5. The van der Waals surface area contributed by atoms with Gasteiger partial charge in [-0.15, -0.1) is 0 Å². The molecular weight excluding hydrogens is 394 g/mol. The van der Waals surface area contributed by atoms with Crippen molar-refractivity contribution in [3.05, 3.63) is 48.2 Å². The number of hydrogen-bond donors (Lipinski definition) is 0. The molecule has 184 valence electrons. The normalized spacial score (nSPS) is 13.1. The lowest BCUT2D eigenvalue weighted by atomic mass is 10.1. The molecule has 3 nitrogen and oxygen atoms in total. The third kappa shape index (κ3) is 18.0. The van der Waals surface area contributed by atoms with E-state index in [4.69, 9.17) is 4.74 Å². The smallest absolute Gasteiger partial charge is 0.305 e. The fraction of sp³-hybridized carbons (Fsp3) is 0.690. The van der Waals surface area contributed by atoms with Gasteiger partial charge in [-0.2, -0.15) is 0 Å². The summed E-state index contributed by atoms with van der Waals surface area (Å²) in [7, 11) is 4.31. The van der Waals surface area contributed by atoms with Gasteiger partial charge in [0, 0.05) is 6.42 Å². The predicted molar refractivity (Wildman–Crippen MR) is 140 cm³/mol. The topological polar surface area (TPSA) is 26.3 Å². The third-order valence-electron chi connectivity index (χ3n) is 5.76. The van der Waals surface area contributed by atoms with Crippen molar-refractivity contribution in [2.75, 3.05) is 27.2 Å². The van der Waals surface area contributed by atoms with Crippen LogP contribution < -0.4 is 0 Å². The first-order valence-electron chi connectivity index (χ1n) is 13.1. The van der Waals surface area contributed by atoms with E-state index in [0.717, 1.165) is 36.7 Å². The molecule has 3 heteroatoms. The summed E-state index contributed by atoms with van der Waals surface area (Å²) in [5.74, 6) is -0.0539. The number of ether oxygens (including phenoxy) is 1. The van der Waals surface area contributed by atoms with Crippen molar-refractivity contribution >= 4 is 5.97 Å². The van der Waals surface area contributed by atoms with E-state index in [1.165, 1.54) is 57.1 Å². The zero-order valence-corrected chi connectivity index (χ0v) is 21.9. The molecule has 0 aromatic carbocycles. The van der Waals surface area contributed by atoms with Crippen LogP contribution in [0.15, 0.2) is 48.2 Å². The van der Waals surface area contributed by atoms with Crippen LogP contribution in [0, 0.1) is 0 Å². The molecule has 0 aliphatic rings. The average Bonchev–Trinajstić information content (AvgIpc) is 2.76. The molecule has 0 saturated carbocycles. The molecule has 0 spiro atoms. The average molecular weight is 447 g/mol. The van der Waals surface area contributed by atoms with Crippen molar-refractivity contribution in [3.63, 3.8) is 0 Å². The second-order valence-electron chi connectivity index (χ2n) is 9.13. The first-order valence-corrected chi connectivity index (χ1v) is 13.1. The summed E-state index contributed by atoms with van der Waals surface area (Å²) in [6.45, 7) is 7.71. The monoisotopic (exact) mass is 446 g/mol. The highest BCUT2D eigenvalue weighted by molar-refractivity contribution is 5.69. The van der Waals surface area contributed by atoms with E-state index in [-0.39, 0.29) is 5.97 Å². The lowest BCUT2D eigenvalue weighted by Crippen LogP contribution is -2.41. The first kappa shape index (κ1) is 30.4. The third-order valence-corrected chi connectivity index (χ3v) is 5.76. The Kier molecular flexibility index (Phi) is 20.2. The summed E-state index contributed by atoms with van der Waals surface area (Å²) in [4.78, 5) is 12.0. The zero-order valence-electron chi connectivity index (χ0n) is 21.9. The largest absolute Gasteiger partial charge is 0.460 e. The van der Waals surface area contributed by atoms with Gasteiger partial charge in [0.15, 0.2) is 0 Å². The van der Waals surface area contributed by atoms with E-state index in [2.05, 4.69) is 77.4 Å². The van der Waals surface area contributed by atoms with Gasteiger partial charge in [-0.3, -0.25) is 9.28 Å². The molecule has 0 rings (SSSR count). The van der Waals surface area contributed by atoms with Gasteiger partial charge in [0.25, 0.3) is 0 Å². The van der Waals surface area contributed by atoms with Crippen LogP contribution in [0.3, 0.4) is 0 Å². The molecule has 0 aromatic heterocycles. The number of nitrogens with zero attached hydrogens (tertiary/aromatic N) is 1. The molecule has 0 atom stereocenters. The molecule has 0 aliphatic heterocycles. The number of rotatable bonds is 20. The van der Waals surface area contributed by atoms with Crippen molar-refractivity contribution in [3.8, 4) is 0 Å². The molecule has 0 aromatic rings. The molecule has 0 aliphatic carbocycles. The molecule has 0 N–H and O–H groups in total. The molecule has 0 unspecified atom stereocenters. The van der Waals surface area contributed by atoms with E-state index >= 15 is 0 Å². The Morgan fingerprint density at radius 2 is 1.44 bits per heavy atom. The van der Waals surface area contributed by atoms with E-state index in [1.807, 2.05) is 0 Å². The summed E-state index contributed by atoms with van der Waals surface area (Å²) in [5.41, 5.74) is 1.25. The predicted octanol–water partition coefficient (Wildman–Crippen LogP) is 8.29. The van der Waals surface area contributed by atoms with E-state index in [0.29, 0.717) is 13.0 Å². The maximum atomic E-state index is 12.0. The van der Waals surface area contributed by atoms with Gasteiger partial charge in [0.2, 0.25) is 0 Å². The van der Waals surface area contributed by atoms with Crippen LogP contribution in [0.5, 0.6) is 0 Å². The fourth-order valence-electron chi connectivity index (χ4n) is 3.56. The van der Waals surface area contributed by atoms with Gasteiger partial charge >= 0.3 is 5.97 Å². The molecule has 0 fully saturated rings. The molecule has 32 heavy (non-hydrogen) atoms. The van der Waals surface area contributed by atoms with Gasteiger partial charge in [-0.1, -0.05) is 76.3 Å². The lowest BCUT2D eigenvalue weighted by Gasteiger charge is -2.30. The van der Waals surface area contributed by atoms with E-state index in [9.17, 15) is 4.79 Å². The number of likely N-dealkylation sites (N-methyl/N-ethyl adjacent to an activating group) is 1. The summed E-state index contributed by atoms with van der Waals surface area (Å²) in [5, 5.41) is 0. The van der Waals surface area contributed by atoms with Crippen LogP contribution in [0.1, 0.15) is 104 Å². The van der Waals surface area contributed by atoms with Crippen molar-refractivity contribution in [1.82, 2.24) is 0 Å². The van der Waals surface area contributed by atoms with Gasteiger partial charge in [0.1, 0.15) is 18.8 Å². The summed E-state index contributed by atoms with van der Waals surface area (Å²) in [6.07, 6.45) is 30.4. The Morgan fingerprint density at radius 1 is 0.812 bits per heavy atom. The zero-order chi connectivity index (χ0) is 23.9. The highest BCUT2D eigenvalue weighted by Crippen LogP contribution is 2.14. The number of unbranched alkanes of at least 4 members (excludes halogenated alkanes) is 8. The Labute approximate surface area is 199 Å². The minimum absolute atomic E-state index is 0.0539. The maximum absolute atomic E-state index is 12.0. The summed E-state index contributed by atoms with van der Waals surface area (Å²) < 4.78 is 6.20. The first-order chi connectivity index (χ1) is 15.5. The van der Waals surface area contributed by atoms with Crippen molar-refractivity contribution in [2.24, 2.45) is 0 Å². The minimum atomic E-state index is -0.0539. The lowest BCUT2D eigenvalue weighted by molar-refractivity contribution is -0.849. The highest BCUT2D eigenvalue weighted by Gasteiger charge is 2.19. The fourth-order valence-corrected chi connectivity index (χ4v) is 3.56. The van der Waals surface area contributed by atoms with Crippen molar-refractivity contribution in [1.29, 1.82) is 0 Å². The number of esters is 1. The SMILES string of the molecule is C/C=C(\C=C/CC)[N+](C)(C)CCOC(=O)CCCCCCC/C=C\C/C=C\CCCCC. The Hall–Kier alpha value is -1.61. The molecule has 0 bridgehead atoms. The van der Waals surface area contributed by atoms with E-state index < -0.39 is 0 Å². The molecule has 0 amide bonds. The maximum Gasteiger partial charge on any atom is 0.305 e. The Balaban J connectivity index is 3.68. The van der Waals surface area contributed by atoms with Gasteiger partial charge in [0.05, 0.1) is 14.1 Å². The number of hydrogen-bond acceptors (Lipinski definition) is 2. The number of carbonyl (C=O) groups excluding carboxylic acids is 1. The summed E-state index contributed by atoms with van der Waals surface area (Å²) >= 11 is 0. The van der Waals surface area contributed by atoms with Crippen LogP contribution >= 0.6 is 0 Å². The molecule has 0 saturated heterocycles.